The van der Waals surface area contributed by atoms with Crippen LogP contribution in [-0.2, 0) is 6.42 Å². The van der Waals surface area contributed by atoms with Crippen LogP contribution < -0.4 is 5.32 Å². The van der Waals surface area contributed by atoms with Gasteiger partial charge in [-0.2, -0.15) is 0 Å². The first-order valence-electron chi connectivity index (χ1n) is 5.62. The van der Waals surface area contributed by atoms with Crippen LogP contribution in [0.1, 0.15) is 36.1 Å². The lowest BCUT2D eigenvalue weighted by Crippen LogP contribution is -2.34. The van der Waals surface area contributed by atoms with E-state index in [1.54, 1.807) is 4.88 Å². The number of thiophene rings is 1. The summed E-state index contributed by atoms with van der Waals surface area (Å²) >= 11 is 1.88. The van der Waals surface area contributed by atoms with Gasteiger partial charge in [-0.1, -0.05) is 12.8 Å². The zero-order valence-corrected chi connectivity index (χ0v) is 9.94. The topological polar surface area (TPSA) is 12.0 Å². The number of aryl methyl sites for hydroxylation is 1. The van der Waals surface area contributed by atoms with Gasteiger partial charge in [0, 0.05) is 10.8 Å². The molecule has 0 saturated heterocycles. The molecule has 0 fully saturated rings. The van der Waals surface area contributed by atoms with E-state index in [1.165, 1.54) is 24.8 Å². The summed E-state index contributed by atoms with van der Waals surface area (Å²) in [6, 6.07) is 2.47. The van der Waals surface area contributed by atoms with Crippen molar-refractivity contribution in [3.8, 4) is 12.3 Å². The summed E-state index contributed by atoms with van der Waals surface area (Å²) in [5.41, 5.74) is 1.50. The van der Waals surface area contributed by atoms with Gasteiger partial charge in [-0.3, -0.25) is 0 Å². The molecule has 0 spiro atoms. The smallest absolute Gasteiger partial charge is 0.0756 e. The SMILES string of the molecule is C#CC(NCC)C1CCCc2sccc21. The molecule has 2 rings (SSSR count). The lowest BCUT2D eigenvalue weighted by Gasteiger charge is -2.27. The Bertz CT molecular complexity index is 361. The van der Waals surface area contributed by atoms with E-state index in [0.29, 0.717) is 5.92 Å². The van der Waals surface area contributed by atoms with E-state index >= 15 is 0 Å². The fourth-order valence-corrected chi connectivity index (χ4v) is 3.40. The van der Waals surface area contributed by atoms with E-state index in [2.05, 4.69) is 29.6 Å². The molecule has 2 atom stereocenters. The van der Waals surface area contributed by atoms with Gasteiger partial charge < -0.3 is 5.32 Å². The largest absolute Gasteiger partial charge is 0.303 e. The molecule has 1 aromatic rings. The van der Waals surface area contributed by atoms with Crippen molar-refractivity contribution >= 4 is 11.3 Å². The second-order valence-corrected chi connectivity index (χ2v) is 5.00. The third kappa shape index (κ3) is 2.09. The molecular formula is C13H17NS. The summed E-state index contributed by atoms with van der Waals surface area (Å²) in [5, 5.41) is 5.60. The lowest BCUT2D eigenvalue weighted by molar-refractivity contribution is 0.464. The minimum Gasteiger partial charge on any atom is -0.303 e. The van der Waals surface area contributed by atoms with E-state index in [0.717, 1.165) is 6.54 Å². The summed E-state index contributed by atoms with van der Waals surface area (Å²) in [5.74, 6) is 3.43. The molecule has 1 aliphatic rings. The molecule has 0 aliphatic heterocycles. The second-order valence-electron chi connectivity index (χ2n) is 4.00. The molecule has 1 nitrogen and oxygen atoms in total. The first kappa shape index (κ1) is 10.7. The maximum atomic E-state index is 5.61. The van der Waals surface area contributed by atoms with Crippen molar-refractivity contribution in [2.24, 2.45) is 0 Å². The van der Waals surface area contributed by atoms with Gasteiger partial charge in [0.2, 0.25) is 0 Å². The molecule has 1 heterocycles. The number of likely N-dealkylation sites (N-methyl/N-ethyl adjacent to an activating group) is 1. The molecule has 0 saturated carbocycles. The highest BCUT2D eigenvalue weighted by atomic mass is 32.1. The van der Waals surface area contributed by atoms with Crippen molar-refractivity contribution in [1.29, 1.82) is 0 Å². The van der Waals surface area contributed by atoms with Crippen molar-refractivity contribution in [2.75, 3.05) is 6.54 Å². The number of hydrogen-bond acceptors (Lipinski definition) is 2. The molecule has 1 aromatic heterocycles. The normalized spacial score (nSPS) is 21.7. The van der Waals surface area contributed by atoms with E-state index in [1.807, 2.05) is 11.3 Å². The molecule has 2 heteroatoms. The molecule has 80 valence electrons. The number of terminal acetylenes is 1. The van der Waals surface area contributed by atoms with Gasteiger partial charge in [0.25, 0.3) is 0 Å². The Balaban J connectivity index is 2.21. The molecule has 0 radical (unpaired) electrons. The first-order chi connectivity index (χ1) is 7.36. The second kappa shape index (κ2) is 4.83. The average Bonchev–Trinajstić information content (AvgIpc) is 2.73. The summed E-state index contributed by atoms with van der Waals surface area (Å²) in [6.45, 7) is 3.06. The zero-order valence-electron chi connectivity index (χ0n) is 9.12. The summed E-state index contributed by atoms with van der Waals surface area (Å²) in [4.78, 5) is 1.55. The van der Waals surface area contributed by atoms with E-state index in [-0.39, 0.29) is 6.04 Å². The summed E-state index contributed by atoms with van der Waals surface area (Å²) in [6.07, 6.45) is 9.36. The van der Waals surface area contributed by atoms with Crippen molar-refractivity contribution in [2.45, 2.75) is 38.1 Å². The molecule has 0 aromatic carbocycles. The quantitative estimate of drug-likeness (QED) is 0.771. The minimum atomic E-state index is 0.212. The van der Waals surface area contributed by atoms with E-state index in [4.69, 9.17) is 6.42 Å². The van der Waals surface area contributed by atoms with E-state index in [9.17, 15) is 0 Å². The molecule has 1 N–H and O–H groups in total. The number of rotatable bonds is 3. The Hall–Kier alpha value is -0.780. The first-order valence-corrected chi connectivity index (χ1v) is 6.50. The van der Waals surface area contributed by atoms with Crippen LogP contribution in [0.4, 0.5) is 0 Å². The van der Waals surface area contributed by atoms with Crippen LogP contribution in [0.15, 0.2) is 11.4 Å². The van der Waals surface area contributed by atoms with Crippen LogP contribution in [0, 0.1) is 12.3 Å². The summed E-state index contributed by atoms with van der Waals surface area (Å²) < 4.78 is 0. The van der Waals surface area contributed by atoms with Crippen molar-refractivity contribution in [1.82, 2.24) is 5.32 Å². The minimum absolute atomic E-state index is 0.212. The molecule has 1 aliphatic carbocycles. The number of fused-ring (bicyclic) bond motifs is 1. The van der Waals surface area contributed by atoms with Gasteiger partial charge in [-0.05, 0) is 42.8 Å². The maximum absolute atomic E-state index is 5.61. The van der Waals surface area contributed by atoms with Crippen LogP contribution in [0.3, 0.4) is 0 Å². The van der Waals surface area contributed by atoms with Crippen molar-refractivity contribution in [3.05, 3.63) is 21.9 Å². The van der Waals surface area contributed by atoms with Gasteiger partial charge in [0.15, 0.2) is 0 Å². The molecule has 2 unspecified atom stereocenters. The third-order valence-electron chi connectivity index (χ3n) is 3.10. The molecular weight excluding hydrogens is 202 g/mol. The van der Waals surface area contributed by atoms with Crippen LogP contribution in [0.25, 0.3) is 0 Å². The lowest BCUT2D eigenvalue weighted by atomic mass is 9.83. The Morgan fingerprint density at radius 2 is 2.60 bits per heavy atom. The fourth-order valence-electron chi connectivity index (χ4n) is 2.41. The molecule has 15 heavy (non-hydrogen) atoms. The summed E-state index contributed by atoms with van der Waals surface area (Å²) in [7, 11) is 0. The molecule has 0 amide bonds. The Labute approximate surface area is 95.9 Å². The standard InChI is InChI=1S/C13H17NS/c1-3-12(14-4-2)10-6-5-7-13-11(10)8-9-15-13/h1,8-10,12,14H,4-7H2,2H3. The van der Waals surface area contributed by atoms with Crippen LogP contribution >= 0.6 is 11.3 Å². The zero-order chi connectivity index (χ0) is 10.7. The molecule has 0 bridgehead atoms. The highest BCUT2D eigenvalue weighted by Gasteiger charge is 2.26. The van der Waals surface area contributed by atoms with Gasteiger partial charge in [0.1, 0.15) is 0 Å². The fraction of sp³-hybridized carbons (Fsp3) is 0.538. The van der Waals surface area contributed by atoms with Crippen LogP contribution in [0.5, 0.6) is 0 Å². The van der Waals surface area contributed by atoms with E-state index < -0.39 is 0 Å². The monoisotopic (exact) mass is 219 g/mol. The Kier molecular flexibility index (Phi) is 3.45. The predicted molar refractivity (Wildman–Crippen MR) is 66.3 cm³/mol. The van der Waals surface area contributed by atoms with Crippen molar-refractivity contribution in [3.63, 3.8) is 0 Å². The maximum Gasteiger partial charge on any atom is 0.0756 e. The van der Waals surface area contributed by atoms with Gasteiger partial charge in [-0.25, -0.2) is 0 Å². The third-order valence-corrected chi connectivity index (χ3v) is 4.10. The Morgan fingerprint density at radius 1 is 1.73 bits per heavy atom. The van der Waals surface area contributed by atoms with Gasteiger partial charge in [-0.15, -0.1) is 17.8 Å². The van der Waals surface area contributed by atoms with Crippen LogP contribution in [0.2, 0.25) is 0 Å². The van der Waals surface area contributed by atoms with Gasteiger partial charge >= 0.3 is 0 Å². The number of hydrogen-bond donors (Lipinski definition) is 1. The Morgan fingerprint density at radius 3 is 3.33 bits per heavy atom. The van der Waals surface area contributed by atoms with Gasteiger partial charge in [0.05, 0.1) is 6.04 Å². The average molecular weight is 219 g/mol. The highest BCUT2D eigenvalue weighted by molar-refractivity contribution is 7.10. The van der Waals surface area contributed by atoms with Crippen molar-refractivity contribution < 1.29 is 0 Å². The number of nitrogens with one attached hydrogen (secondary N) is 1. The van der Waals surface area contributed by atoms with Crippen LogP contribution in [-0.4, -0.2) is 12.6 Å². The predicted octanol–water partition coefficient (Wildman–Crippen LogP) is 2.78. The highest BCUT2D eigenvalue weighted by Crippen LogP contribution is 2.36.